The third kappa shape index (κ3) is 4.98. The molecule has 0 saturated heterocycles. The molecule has 1 unspecified atom stereocenters. The predicted molar refractivity (Wildman–Crippen MR) is 92.0 cm³/mol. The Hall–Kier alpha value is -2.56. The van der Waals surface area contributed by atoms with Crippen molar-refractivity contribution >= 4 is 11.7 Å². The Labute approximate surface area is 141 Å². The number of hydrogen-bond donors (Lipinski definition) is 0. The van der Waals surface area contributed by atoms with Gasteiger partial charge in [-0.15, -0.1) is 0 Å². The molecule has 2 aromatic carbocycles. The van der Waals surface area contributed by atoms with Gasteiger partial charge in [-0.05, 0) is 36.8 Å². The van der Waals surface area contributed by atoms with Crippen LogP contribution in [0.5, 0.6) is 5.75 Å². The molecule has 0 spiro atoms. The molecular formula is C19H22FNO3. The Kier molecular flexibility index (Phi) is 6.61. The maximum atomic E-state index is 14.2. The van der Waals surface area contributed by atoms with Crippen molar-refractivity contribution in [1.82, 2.24) is 0 Å². The summed E-state index contributed by atoms with van der Waals surface area (Å²) in [6, 6.07) is 17.0. The number of anilines is 1. The van der Waals surface area contributed by atoms with Gasteiger partial charge in [0.15, 0.2) is 0 Å². The van der Waals surface area contributed by atoms with Crippen LogP contribution in [-0.2, 0) is 16.1 Å². The van der Waals surface area contributed by atoms with E-state index in [4.69, 9.17) is 9.47 Å². The first-order chi connectivity index (χ1) is 11.6. The van der Waals surface area contributed by atoms with Crippen LogP contribution >= 0.6 is 0 Å². The number of nitrogens with zero attached hydrogens (tertiary/aromatic N) is 1. The van der Waals surface area contributed by atoms with Gasteiger partial charge in [0.1, 0.15) is 5.75 Å². The van der Waals surface area contributed by atoms with Crippen LogP contribution < -0.4 is 9.64 Å². The lowest BCUT2D eigenvalue weighted by atomic mass is 10.1. The average Bonchev–Trinajstić information content (AvgIpc) is 2.62. The fourth-order valence-corrected chi connectivity index (χ4v) is 2.35. The van der Waals surface area contributed by atoms with Crippen molar-refractivity contribution in [3.63, 3.8) is 0 Å². The van der Waals surface area contributed by atoms with Crippen LogP contribution in [0.2, 0.25) is 0 Å². The van der Waals surface area contributed by atoms with Gasteiger partial charge < -0.3 is 14.4 Å². The summed E-state index contributed by atoms with van der Waals surface area (Å²) >= 11 is 0. The number of hydrogen-bond acceptors (Lipinski definition) is 4. The van der Waals surface area contributed by atoms with Crippen molar-refractivity contribution in [2.24, 2.45) is 0 Å². The number of methoxy groups -OCH3 is 1. The van der Waals surface area contributed by atoms with E-state index in [1.165, 1.54) is 0 Å². The number of rotatable bonds is 8. The average molecular weight is 331 g/mol. The normalized spacial score (nSPS) is 11.6. The molecule has 0 aromatic heterocycles. The second-order valence-corrected chi connectivity index (χ2v) is 5.28. The molecule has 0 N–H and O–H groups in total. The molecule has 0 aliphatic heterocycles. The minimum absolute atomic E-state index is 0.0606. The molecule has 2 rings (SSSR count). The Morgan fingerprint density at radius 3 is 2.38 bits per heavy atom. The fourth-order valence-electron chi connectivity index (χ4n) is 2.35. The molecule has 0 radical (unpaired) electrons. The van der Waals surface area contributed by atoms with E-state index in [-0.39, 0.29) is 13.2 Å². The lowest BCUT2D eigenvalue weighted by Crippen LogP contribution is -2.35. The van der Waals surface area contributed by atoms with Crippen LogP contribution in [0, 0.1) is 0 Å². The topological polar surface area (TPSA) is 38.8 Å². The van der Waals surface area contributed by atoms with Crippen molar-refractivity contribution in [3.8, 4) is 5.75 Å². The third-order valence-corrected chi connectivity index (χ3v) is 3.58. The number of esters is 1. The number of para-hydroxylation sites is 1. The number of carbonyl (C=O) groups is 1. The summed E-state index contributed by atoms with van der Waals surface area (Å²) in [7, 11) is 1.61. The van der Waals surface area contributed by atoms with Gasteiger partial charge in [0.05, 0.1) is 20.3 Å². The highest BCUT2D eigenvalue weighted by Crippen LogP contribution is 2.20. The van der Waals surface area contributed by atoms with Crippen molar-refractivity contribution < 1.29 is 18.7 Å². The van der Waals surface area contributed by atoms with E-state index in [2.05, 4.69) is 0 Å². The number of alkyl halides is 1. The molecular weight excluding hydrogens is 309 g/mol. The van der Waals surface area contributed by atoms with Gasteiger partial charge in [-0.2, -0.15) is 0 Å². The van der Waals surface area contributed by atoms with E-state index < -0.39 is 12.1 Å². The fraction of sp³-hybridized carbons (Fsp3) is 0.316. The second kappa shape index (κ2) is 8.91. The number of benzene rings is 2. The zero-order chi connectivity index (χ0) is 17.4. The quantitative estimate of drug-likeness (QED) is 0.693. The first-order valence-corrected chi connectivity index (χ1v) is 7.87. The van der Waals surface area contributed by atoms with Crippen LogP contribution in [0.1, 0.15) is 12.5 Å². The van der Waals surface area contributed by atoms with Gasteiger partial charge in [-0.1, -0.05) is 30.3 Å². The van der Waals surface area contributed by atoms with Crippen LogP contribution in [0.15, 0.2) is 54.6 Å². The molecule has 4 nitrogen and oxygen atoms in total. The molecule has 0 aliphatic rings. The van der Waals surface area contributed by atoms with Crippen LogP contribution in [-0.4, -0.2) is 32.4 Å². The van der Waals surface area contributed by atoms with Gasteiger partial charge in [0.2, 0.25) is 6.17 Å². The van der Waals surface area contributed by atoms with E-state index in [1.807, 2.05) is 59.5 Å². The van der Waals surface area contributed by atoms with Gasteiger partial charge >= 0.3 is 5.97 Å². The Balaban J connectivity index is 2.15. The van der Waals surface area contributed by atoms with E-state index in [1.54, 1.807) is 14.0 Å². The first-order valence-electron chi connectivity index (χ1n) is 7.87. The Morgan fingerprint density at radius 1 is 1.12 bits per heavy atom. The van der Waals surface area contributed by atoms with Gasteiger partial charge in [-0.25, -0.2) is 9.18 Å². The molecule has 1 atom stereocenters. The molecule has 24 heavy (non-hydrogen) atoms. The molecule has 0 bridgehead atoms. The largest absolute Gasteiger partial charge is 0.497 e. The van der Waals surface area contributed by atoms with Gasteiger partial charge in [-0.3, -0.25) is 0 Å². The first kappa shape index (κ1) is 17.8. The second-order valence-electron chi connectivity index (χ2n) is 5.28. The summed E-state index contributed by atoms with van der Waals surface area (Å²) in [6.07, 6.45) is -1.69. The Morgan fingerprint density at radius 2 is 1.79 bits per heavy atom. The summed E-state index contributed by atoms with van der Waals surface area (Å²) in [6.45, 7) is 2.25. The molecule has 0 heterocycles. The molecule has 0 aliphatic carbocycles. The molecule has 0 saturated carbocycles. The summed E-state index contributed by atoms with van der Waals surface area (Å²) in [5, 5.41) is 0. The molecule has 2 aromatic rings. The van der Waals surface area contributed by atoms with E-state index in [0.717, 1.165) is 17.0 Å². The minimum Gasteiger partial charge on any atom is -0.497 e. The van der Waals surface area contributed by atoms with Gasteiger partial charge in [0.25, 0.3) is 0 Å². The summed E-state index contributed by atoms with van der Waals surface area (Å²) in [5.74, 6) is -0.0620. The number of carbonyl (C=O) groups excluding carboxylic acids is 1. The van der Waals surface area contributed by atoms with Crippen molar-refractivity contribution in [1.29, 1.82) is 0 Å². The standard InChI is InChI=1S/C19H22FNO3/c1-3-24-19(22)18(20)14-21(16-7-5-4-6-8-16)13-15-9-11-17(23-2)12-10-15/h4-12,18H,3,13-14H2,1-2H3. The zero-order valence-electron chi connectivity index (χ0n) is 13.9. The Bertz CT molecular complexity index is 631. The lowest BCUT2D eigenvalue weighted by Gasteiger charge is -2.26. The molecule has 128 valence electrons. The maximum absolute atomic E-state index is 14.2. The highest BCUT2D eigenvalue weighted by Gasteiger charge is 2.22. The zero-order valence-corrected chi connectivity index (χ0v) is 13.9. The van der Waals surface area contributed by atoms with Crippen LogP contribution in [0.25, 0.3) is 0 Å². The van der Waals surface area contributed by atoms with Crippen molar-refractivity contribution in [3.05, 3.63) is 60.2 Å². The molecule has 5 heteroatoms. The monoisotopic (exact) mass is 331 g/mol. The highest BCUT2D eigenvalue weighted by atomic mass is 19.1. The third-order valence-electron chi connectivity index (χ3n) is 3.58. The van der Waals surface area contributed by atoms with E-state index in [0.29, 0.717) is 6.54 Å². The number of halogens is 1. The summed E-state index contributed by atoms with van der Waals surface area (Å²) in [5.41, 5.74) is 1.84. The smallest absolute Gasteiger partial charge is 0.342 e. The minimum atomic E-state index is -1.69. The SMILES string of the molecule is CCOC(=O)C(F)CN(Cc1ccc(OC)cc1)c1ccccc1. The lowest BCUT2D eigenvalue weighted by molar-refractivity contribution is -0.148. The van der Waals surface area contributed by atoms with E-state index >= 15 is 0 Å². The van der Waals surface area contributed by atoms with Crippen LogP contribution in [0.3, 0.4) is 0 Å². The highest BCUT2D eigenvalue weighted by molar-refractivity contribution is 5.75. The molecule has 0 fully saturated rings. The molecule has 0 amide bonds. The summed E-state index contributed by atoms with van der Waals surface area (Å²) in [4.78, 5) is 13.4. The van der Waals surface area contributed by atoms with Crippen molar-refractivity contribution in [2.45, 2.75) is 19.6 Å². The van der Waals surface area contributed by atoms with Crippen molar-refractivity contribution in [2.75, 3.05) is 25.2 Å². The summed E-state index contributed by atoms with van der Waals surface area (Å²) < 4.78 is 24.1. The van der Waals surface area contributed by atoms with Crippen LogP contribution in [0.4, 0.5) is 10.1 Å². The maximum Gasteiger partial charge on any atom is 0.342 e. The van der Waals surface area contributed by atoms with E-state index in [9.17, 15) is 9.18 Å². The number of ether oxygens (including phenoxy) is 2. The predicted octanol–water partition coefficient (Wildman–Crippen LogP) is 3.60. The van der Waals surface area contributed by atoms with Gasteiger partial charge in [0, 0.05) is 12.2 Å².